The molecule has 1 aromatic rings. The van der Waals surface area contributed by atoms with Crippen molar-refractivity contribution in [1.29, 1.82) is 0 Å². The molecule has 1 heterocycles. The summed E-state index contributed by atoms with van der Waals surface area (Å²) in [5.41, 5.74) is 0.913. The third-order valence-corrected chi connectivity index (χ3v) is 5.64. The van der Waals surface area contributed by atoms with Gasteiger partial charge in [-0.3, -0.25) is 10.3 Å². The maximum atomic E-state index is 11.8. The Bertz CT molecular complexity index is 582. The smallest absolute Gasteiger partial charge is 0.125 e. The predicted octanol–water partition coefficient (Wildman–Crippen LogP) is 3.22. The van der Waals surface area contributed by atoms with Gasteiger partial charge in [0.1, 0.15) is 12.0 Å². The lowest BCUT2D eigenvalue weighted by atomic mass is 9.89. The summed E-state index contributed by atoms with van der Waals surface area (Å²) in [6, 6.07) is 4.02. The SMILES string of the molecule is COCNC(CC(C)C)C(C=O)Cc1cc(OC2C[C@@H]3C[C@@H]3C2)ccn1. The normalized spacial score (nSPS) is 26.4. The Labute approximate surface area is 156 Å². The Hall–Kier alpha value is -1.46. The Balaban J connectivity index is 1.60. The van der Waals surface area contributed by atoms with E-state index in [1.807, 2.05) is 12.1 Å². The quantitative estimate of drug-likeness (QED) is 0.485. The van der Waals surface area contributed by atoms with Gasteiger partial charge in [-0.2, -0.15) is 0 Å². The standard InChI is InChI=1S/C21H32N2O3/c1-14(2)6-21(23-13-25-3)17(12-24)8-18-11-19(4-5-22-18)26-20-9-15-7-16(15)10-20/h4-5,11-12,14-17,20-21,23H,6-10,13H2,1-3H3/t15-,16+,17?,20?,21?. The zero-order valence-corrected chi connectivity index (χ0v) is 16.2. The number of aromatic nitrogens is 1. The minimum atomic E-state index is -0.130. The molecule has 2 saturated carbocycles. The number of nitrogens with zero attached hydrogens (tertiary/aromatic N) is 1. The van der Waals surface area contributed by atoms with Crippen LogP contribution >= 0.6 is 0 Å². The molecule has 26 heavy (non-hydrogen) atoms. The highest BCUT2D eigenvalue weighted by molar-refractivity contribution is 5.55. The second-order valence-electron chi connectivity index (χ2n) is 8.33. The molecule has 144 valence electrons. The fourth-order valence-electron chi connectivity index (χ4n) is 4.22. The van der Waals surface area contributed by atoms with Crippen molar-refractivity contribution in [3.05, 3.63) is 24.0 Å². The molecule has 3 unspecified atom stereocenters. The Morgan fingerprint density at radius 2 is 2.08 bits per heavy atom. The summed E-state index contributed by atoms with van der Waals surface area (Å²) in [5, 5.41) is 3.34. The van der Waals surface area contributed by atoms with Gasteiger partial charge in [0.05, 0.1) is 12.8 Å². The minimum Gasteiger partial charge on any atom is -0.490 e. The largest absolute Gasteiger partial charge is 0.490 e. The molecule has 1 N–H and O–H groups in total. The van der Waals surface area contributed by atoms with Crippen LogP contribution in [0.1, 0.15) is 45.2 Å². The molecule has 5 heteroatoms. The van der Waals surface area contributed by atoms with Crippen LogP contribution < -0.4 is 10.1 Å². The highest BCUT2D eigenvalue weighted by Crippen LogP contribution is 2.52. The van der Waals surface area contributed by atoms with Crippen LogP contribution in [-0.2, 0) is 16.0 Å². The minimum absolute atomic E-state index is 0.0840. The number of ether oxygens (including phenoxy) is 2. The van der Waals surface area contributed by atoms with Gasteiger partial charge in [0.15, 0.2) is 0 Å². The molecular formula is C21H32N2O3. The number of carbonyl (C=O) groups is 1. The maximum Gasteiger partial charge on any atom is 0.125 e. The molecule has 0 aliphatic heterocycles. The van der Waals surface area contributed by atoms with E-state index in [9.17, 15) is 4.79 Å². The zero-order chi connectivity index (χ0) is 18.5. The van der Waals surface area contributed by atoms with Crippen LogP contribution in [0.5, 0.6) is 5.75 Å². The van der Waals surface area contributed by atoms with Gasteiger partial charge in [-0.05, 0) is 49.5 Å². The summed E-state index contributed by atoms with van der Waals surface area (Å²) in [6.07, 6.45) is 8.52. The summed E-state index contributed by atoms with van der Waals surface area (Å²) in [5.74, 6) is 3.07. The lowest BCUT2D eigenvalue weighted by molar-refractivity contribution is -0.112. The molecule has 0 saturated heterocycles. The molecule has 0 spiro atoms. The number of methoxy groups -OCH3 is 1. The van der Waals surface area contributed by atoms with Gasteiger partial charge >= 0.3 is 0 Å². The first-order valence-electron chi connectivity index (χ1n) is 9.88. The Morgan fingerprint density at radius 1 is 1.31 bits per heavy atom. The summed E-state index contributed by atoms with van der Waals surface area (Å²) in [6.45, 7) is 4.78. The summed E-state index contributed by atoms with van der Waals surface area (Å²) in [4.78, 5) is 16.2. The summed E-state index contributed by atoms with van der Waals surface area (Å²) < 4.78 is 11.3. The van der Waals surface area contributed by atoms with Crippen molar-refractivity contribution in [2.75, 3.05) is 13.8 Å². The van der Waals surface area contributed by atoms with E-state index in [0.29, 0.717) is 25.2 Å². The van der Waals surface area contributed by atoms with E-state index in [1.54, 1.807) is 13.3 Å². The van der Waals surface area contributed by atoms with E-state index in [-0.39, 0.29) is 12.0 Å². The van der Waals surface area contributed by atoms with Crippen molar-refractivity contribution < 1.29 is 14.3 Å². The topological polar surface area (TPSA) is 60.5 Å². The van der Waals surface area contributed by atoms with Crippen LogP contribution in [0.2, 0.25) is 0 Å². The first-order valence-corrected chi connectivity index (χ1v) is 9.88. The number of pyridine rings is 1. The van der Waals surface area contributed by atoms with Crippen molar-refractivity contribution in [3.8, 4) is 5.75 Å². The van der Waals surface area contributed by atoms with Crippen LogP contribution in [0.4, 0.5) is 0 Å². The van der Waals surface area contributed by atoms with Gasteiger partial charge in [0, 0.05) is 43.4 Å². The van der Waals surface area contributed by atoms with E-state index >= 15 is 0 Å². The lowest BCUT2D eigenvalue weighted by Gasteiger charge is -2.25. The average molecular weight is 360 g/mol. The third kappa shape index (κ3) is 5.27. The molecule has 2 aliphatic rings. The number of aldehydes is 1. The highest BCUT2D eigenvalue weighted by atomic mass is 16.5. The number of carbonyl (C=O) groups excluding carboxylic acids is 1. The molecule has 5 atom stereocenters. The Morgan fingerprint density at radius 3 is 2.73 bits per heavy atom. The van der Waals surface area contributed by atoms with Crippen LogP contribution in [0.15, 0.2) is 18.3 Å². The number of fused-ring (bicyclic) bond motifs is 1. The predicted molar refractivity (Wildman–Crippen MR) is 101 cm³/mol. The number of nitrogens with one attached hydrogen (secondary N) is 1. The Kier molecular flexibility index (Phi) is 6.65. The van der Waals surface area contributed by atoms with Crippen molar-refractivity contribution in [2.24, 2.45) is 23.7 Å². The van der Waals surface area contributed by atoms with E-state index in [1.165, 1.54) is 19.3 Å². The molecule has 2 fully saturated rings. The molecule has 5 nitrogen and oxygen atoms in total. The molecule has 2 aliphatic carbocycles. The van der Waals surface area contributed by atoms with Gasteiger partial charge in [0.2, 0.25) is 0 Å². The van der Waals surface area contributed by atoms with Crippen LogP contribution in [0, 0.1) is 23.7 Å². The van der Waals surface area contributed by atoms with Gasteiger partial charge in [-0.1, -0.05) is 13.8 Å². The molecule has 0 bridgehead atoms. The molecule has 0 amide bonds. The van der Waals surface area contributed by atoms with E-state index in [0.717, 1.165) is 36.0 Å². The highest BCUT2D eigenvalue weighted by Gasteiger charge is 2.46. The lowest BCUT2D eigenvalue weighted by Crippen LogP contribution is -2.40. The van der Waals surface area contributed by atoms with Gasteiger partial charge < -0.3 is 14.3 Å². The van der Waals surface area contributed by atoms with E-state index in [4.69, 9.17) is 9.47 Å². The molecule has 1 aromatic heterocycles. The number of hydrogen-bond donors (Lipinski definition) is 1. The number of hydrogen-bond acceptors (Lipinski definition) is 5. The van der Waals surface area contributed by atoms with Gasteiger partial charge in [-0.15, -0.1) is 0 Å². The monoisotopic (exact) mass is 360 g/mol. The summed E-state index contributed by atoms with van der Waals surface area (Å²) >= 11 is 0. The average Bonchev–Trinajstić information content (AvgIpc) is 3.23. The van der Waals surface area contributed by atoms with Crippen molar-refractivity contribution in [1.82, 2.24) is 10.3 Å². The third-order valence-electron chi connectivity index (χ3n) is 5.64. The fraction of sp³-hybridized carbons (Fsp3) is 0.714. The van der Waals surface area contributed by atoms with Crippen molar-refractivity contribution >= 4 is 6.29 Å². The maximum absolute atomic E-state index is 11.8. The fourth-order valence-corrected chi connectivity index (χ4v) is 4.22. The molecule has 3 rings (SSSR count). The zero-order valence-electron chi connectivity index (χ0n) is 16.2. The first kappa shape index (κ1) is 19.3. The molecular weight excluding hydrogens is 328 g/mol. The second kappa shape index (κ2) is 8.96. The second-order valence-corrected chi connectivity index (χ2v) is 8.33. The van der Waals surface area contributed by atoms with Crippen LogP contribution in [0.3, 0.4) is 0 Å². The number of rotatable bonds is 11. The van der Waals surface area contributed by atoms with Gasteiger partial charge in [-0.25, -0.2) is 0 Å². The van der Waals surface area contributed by atoms with E-state index in [2.05, 4.69) is 24.1 Å². The first-order chi connectivity index (χ1) is 12.6. The van der Waals surface area contributed by atoms with Crippen molar-refractivity contribution in [3.63, 3.8) is 0 Å². The molecule has 0 aromatic carbocycles. The van der Waals surface area contributed by atoms with Crippen LogP contribution in [-0.4, -0.2) is 37.3 Å². The summed E-state index contributed by atoms with van der Waals surface area (Å²) in [7, 11) is 1.66. The van der Waals surface area contributed by atoms with Crippen LogP contribution in [0.25, 0.3) is 0 Å². The van der Waals surface area contributed by atoms with Gasteiger partial charge in [0.25, 0.3) is 0 Å². The molecule has 0 radical (unpaired) electrons. The van der Waals surface area contributed by atoms with Crippen molar-refractivity contribution in [2.45, 2.75) is 58.1 Å². The van der Waals surface area contributed by atoms with E-state index < -0.39 is 0 Å².